The fourth-order valence-electron chi connectivity index (χ4n) is 3.63. The highest BCUT2D eigenvalue weighted by Gasteiger charge is 2.48. The summed E-state index contributed by atoms with van der Waals surface area (Å²) in [6.45, 7) is 3.96. The molecule has 6 heteroatoms. The molecule has 0 bridgehead atoms. The Morgan fingerprint density at radius 2 is 1.71 bits per heavy atom. The highest BCUT2D eigenvalue weighted by molar-refractivity contribution is 5.30. The SMILES string of the molecule is Cc1ccc(C2O[C@H]([C@H](O)CO)[C@@H]3OC(c4ccccc4)OC[C@@H]3O2)cc1C. The first-order valence-electron chi connectivity index (χ1n) is 9.56. The van der Waals surface area contributed by atoms with Crippen molar-refractivity contribution in [3.05, 3.63) is 70.8 Å². The maximum absolute atomic E-state index is 10.4. The van der Waals surface area contributed by atoms with E-state index >= 15 is 0 Å². The van der Waals surface area contributed by atoms with Crippen LogP contribution in [-0.4, -0.2) is 47.8 Å². The Balaban J connectivity index is 1.57. The van der Waals surface area contributed by atoms with Gasteiger partial charge in [-0.3, -0.25) is 0 Å². The molecule has 0 aromatic heterocycles. The van der Waals surface area contributed by atoms with Crippen LogP contribution in [0.4, 0.5) is 0 Å². The number of benzene rings is 2. The Bertz CT molecular complexity index is 795. The molecule has 6 nitrogen and oxygen atoms in total. The highest BCUT2D eigenvalue weighted by atomic mass is 16.8. The van der Waals surface area contributed by atoms with Crippen molar-refractivity contribution in [3.8, 4) is 0 Å². The molecule has 0 saturated carbocycles. The molecular formula is C22H26O6. The van der Waals surface area contributed by atoms with E-state index in [4.69, 9.17) is 18.9 Å². The first-order chi connectivity index (χ1) is 13.6. The van der Waals surface area contributed by atoms with Gasteiger partial charge in [-0.05, 0) is 25.0 Å². The van der Waals surface area contributed by atoms with Gasteiger partial charge in [-0.1, -0.05) is 48.5 Å². The van der Waals surface area contributed by atoms with Gasteiger partial charge in [-0.2, -0.15) is 0 Å². The third-order valence-corrected chi connectivity index (χ3v) is 5.40. The first kappa shape index (κ1) is 19.5. The van der Waals surface area contributed by atoms with Gasteiger partial charge in [0.1, 0.15) is 24.4 Å². The smallest absolute Gasteiger partial charge is 0.184 e. The minimum Gasteiger partial charge on any atom is -0.394 e. The number of hydrogen-bond donors (Lipinski definition) is 2. The van der Waals surface area contributed by atoms with Crippen LogP contribution >= 0.6 is 0 Å². The van der Waals surface area contributed by atoms with Gasteiger partial charge in [-0.25, -0.2) is 0 Å². The zero-order chi connectivity index (χ0) is 19.7. The summed E-state index contributed by atoms with van der Waals surface area (Å²) in [5.74, 6) is 0. The van der Waals surface area contributed by atoms with Crippen molar-refractivity contribution in [2.75, 3.05) is 13.2 Å². The van der Waals surface area contributed by atoms with Gasteiger partial charge in [0.15, 0.2) is 12.6 Å². The monoisotopic (exact) mass is 386 g/mol. The molecule has 28 heavy (non-hydrogen) atoms. The lowest BCUT2D eigenvalue weighted by molar-refractivity contribution is -0.373. The van der Waals surface area contributed by atoms with Crippen LogP contribution in [0.2, 0.25) is 0 Å². The standard InChI is InChI=1S/C22H26O6/c1-13-8-9-16(10-14(13)2)22-26-18-12-25-21(15-6-4-3-5-7-15)28-20(18)19(27-22)17(24)11-23/h3-10,17-24H,11-12H2,1-2H3/t17-,18+,19-,20-,21?,22?/m1/s1. The number of aliphatic hydroxyl groups excluding tert-OH is 2. The molecule has 0 spiro atoms. The summed E-state index contributed by atoms with van der Waals surface area (Å²) >= 11 is 0. The largest absolute Gasteiger partial charge is 0.394 e. The maximum Gasteiger partial charge on any atom is 0.184 e. The van der Waals surface area contributed by atoms with Gasteiger partial charge in [-0.15, -0.1) is 0 Å². The van der Waals surface area contributed by atoms with Crippen LogP contribution < -0.4 is 0 Å². The second kappa shape index (κ2) is 8.29. The van der Waals surface area contributed by atoms with Crippen molar-refractivity contribution in [1.29, 1.82) is 0 Å². The van der Waals surface area contributed by atoms with Gasteiger partial charge in [0.2, 0.25) is 0 Å². The molecule has 0 amide bonds. The molecule has 2 fully saturated rings. The van der Waals surface area contributed by atoms with Crippen molar-refractivity contribution in [1.82, 2.24) is 0 Å². The Hall–Kier alpha value is -1.80. The topological polar surface area (TPSA) is 77.4 Å². The summed E-state index contributed by atoms with van der Waals surface area (Å²) in [5.41, 5.74) is 4.06. The summed E-state index contributed by atoms with van der Waals surface area (Å²) in [7, 11) is 0. The molecule has 2 saturated heterocycles. The van der Waals surface area contributed by atoms with Gasteiger partial charge >= 0.3 is 0 Å². The summed E-state index contributed by atoms with van der Waals surface area (Å²) in [6, 6.07) is 15.6. The van der Waals surface area contributed by atoms with Crippen LogP contribution in [0.15, 0.2) is 48.5 Å². The predicted octanol–water partition coefficient (Wildman–Crippen LogP) is 2.55. The van der Waals surface area contributed by atoms with Crippen LogP contribution in [0.25, 0.3) is 0 Å². The highest BCUT2D eigenvalue weighted by Crippen LogP contribution is 2.39. The van der Waals surface area contributed by atoms with Gasteiger partial charge < -0.3 is 29.2 Å². The fourth-order valence-corrected chi connectivity index (χ4v) is 3.63. The lowest BCUT2D eigenvalue weighted by Crippen LogP contribution is -2.58. The third kappa shape index (κ3) is 3.85. The maximum atomic E-state index is 10.4. The lowest BCUT2D eigenvalue weighted by Gasteiger charge is -2.47. The van der Waals surface area contributed by atoms with Crippen molar-refractivity contribution in [2.24, 2.45) is 0 Å². The van der Waals surface area contributed by atoms with E-state index in [1.165, 1.54) is 5.56 Å². The van der Waals surface area contributed by atoms with E-state index in [1.54, 1.807) is 0 Å². The molecule has 2 aliphatic rings. The molecule has 2 unspecified atom stereocenters. The number of aliphatic hydroxyl groups is 2. The van der Waals surface area contributed by atoms with Gasteiger partial charge in [0.05, 0.1) is 13.2 Å². The molecular weight excluding hydrogens is 360 g/mol. The van der Waals surface area contributed by atoms with Crippen LogP contribution in [0.3, 0.4) is 0 Å². The number of fused-ring (bicyclic) bond motifs is 1. The van der Waals surface area contributed by atoms with E-state index < -0.39 is 43.6 Å². The molecule has 0 radical (unpaired) electrons. The molecule has 0 aliphatic carbocycles. The fraction of sp³-hybridized carbons (Fsp3) is 0.455. The Kier molecular flexibility index (Phi) is 5.78. The molecule has 2 heterocycles. The van der Waals surface area contributed by atoms with E-state index in [-0.39, 0.29) is 0 Å². The number of ether oxygens (including phenoxy) is 4. The zero-order valence-corrected chi connectivity index (χ0v) is 16.0. The summed E-state index contributed by atoms with van der Waals surface area (Å²) in [4.78, 5) is 0. The minimum absolute atomic E-state index is 0.309. The molecule has 2 aromatic rings. The quantitative estimate of drug-likeness (QED) is 0.841. The van der Waals surface area contributed by atoms with E-state index in [9.17, 15) is 10.2 Å². The molecule has 4 rings (SSSR count). The summed E-state index contributed by atoms with van der Waals surface area (Å²) < 4.78 is 24.1. The first-order valence-corrected chi connectivity index (χ1v) is 9.56. The minimum atomic E-state index is -1.08. The second-order valence-electron chi connectivity index (χ2n) is 7.38. The van der Waals surface area contributed by atoms with Gasteiger partial charge in [0, 0.05) is 11.1 Å². The van der Waals surface area contributed by atoms with Crippen LogP contribution in [-0.2, 0) is 18.9 Å². The molecule has 2 aliphatic heterocycles. The third-order valence-electron chi connectivity index (χ3n) is 5.40. The van der Waals surface area contributed by atoms with Crippen LogP contribution in [0, 0.1) is 13.8 Å². The Morgan fingerprint density at radius 1 is 0.929 bits per heavy atom. The van der Waals surface area contributed by atoms with Crippen LogP contribution in [0.1, 0.15) is 34.8 Å². The average Bonchev–Trinajstić information content (AvgIpc) is 2.74. The van der Waals surface area contributed by atoms with Gasteiger partial charge in [0.25, 0.3) is 0 Å². The summed E-state index contributed by atoms with van der Waals surface area (Å²) in [6.07, 6.45) is -4.01. The van der Waals surface area contributed by atoms with E-state index in [0.717, 1.165) is 16.7 Å². The molecule has 150 valence electrons. The van der Waals surface area contributed by atoms with Crippen molar-refractivity contribution < 1.29 is 29.2 Å². The Labute approximate surface area is 164 Å². The predicted molar refractivity (Wildman–Crippen MR) is 102 cm³/mol. The van der Waals surface area contributed by atoms with Crippen molar-refractivity contribution >= 4 is 0 Å². The zero-order valence-electron chi connectivity index (χ0n) is 16.0. The second-order valence-corrected chi connectivity index (χ2v) is 7.38. The number of aryl methyl sites for hydroxylation is 2. The molecule has 6 atom stereocenters. The number of hydrogen-bond acceptors (Lipinski definition) is 6. The molecule has 2 aromatic carbocycles. The Morgan fingerprint density at radius 3 is 2.43 bits per heavy atom. The van der Waals surface area contributed by atoms with E-state index in [0.29, 0.717) is 6.61 Å². The average molecular weight is 386 g/mol. The lowest BCUT2D eigenvalue weighted by atomic mass is 9.99. The van der Waals surface area contributed by atoms with E-state index in [1.807, 2.05) is 62.4 Å². The van der Waals surface area contributed by atoms with Crippen molar-refractivity contribution in [3.63, 3.8) is 0 Å². The van der Waals surface area contributed by atoms with Crippen molar-refractivity contribution in [2.45, 2.75) is 50.8 Å². The van der Waals surface area contributed by atoms with Crippen LogP contribution in [0.5, 0.6) is 0 Å². The summed E-state index contributed by atoms with van der Waals surface area (Å²) in [5, 5.41) is 19.9. The van der Waals surface area contributed by atoms with E-state index in [2.05, 4.69) is 0 Å². The normalized spacial score (nSPS) is 31.2. The number of rotatable bonds is 4. The molecule has 2 N–H and O–H groups in total.